The number of benzene rings is 1. The van der Waals surface area contributed by atoms with Gasteiger partial charge in [-0.2, -0.15) is 5.10 Å². The normalized spacial score (nSPS) is 10.5. The highest BCUT2D eigenvalue weighted by molar-refractivity contribution is 5.87. The second kappa shape index (κ2) is 5.87. The van der Waals surface area contributed by atoms with Crippen molar-refractivity contribution in [2.75, 3.05) is 7.11 Å². The Bertz CT molecular complexity index is 733. The molecule has 0 aliphatic rings. The Labute approximate surface area is 121 Å². The van der Waals surface area contributed by atoms with Gasteiger partial charge in [0.1, 0.15) is 5.82 Å². The minimum Gasteiger partial charge on any atom is -0.464 e. The summed E-state index contributed by atoms with van der Waals surface area (Å²) in [5.41, 5.74) is 0.787. The van der Waals surface area contributed by atoms with Gasteiger partial charge in [-0.15, -0.1) is 0 Å². The van der Waals surface area contributed by atoms with Crippen molar-refractivity contribution < 1.29 is 13.9 Å². The molecule has 6 heteroatoms. The molecule has 0 aliphatic heterocycles. The van der Waals surface area contributed by atoms with Crippen molar-refractivity contribution in [2.45, 2.75) is 20.3 Å². The maximum atomic E-state index is 13.5. The van der Waals surface area contributed by atoms with Crippen LogP contribution in [0.15, 0.2) is 29.2 Å². The van der Waals surface area contributed by atoms with Crippen LogP contribution in [-0.2, 0) is 11.2 Å². The van der Waals surface area contributed by atoms with Crippen LogP contribution in [0.4, 0.5) is 4.39 Å². The number of aromatic nitrogens is 2. The molecular weight excluding hydrogens is 275 g/mol. The molecule has 0 radical (unpaired) electrons. The van der Waals surface area contributed by atoms with Crippen LogP contribution in [0, 0.1) is 12.7 Å². The van der Waals surface area contributed by atoms with Crippen LogP contribution < -0.4 is 5.43 Å². The number of hydrogen-bond acceptors (Lipinski definition) is 4. The fourth-order valence-electron chi connectivity index (χ4n) is 2.00. The average Bonchev–Trinajstić information content (AvgIpc) is 2.45. The summed E-state index contributed by atoms with van der Waals surface area (Å²) < 4.78 is 19.4. The maximum absolute atomic E-state index is 13.5. The highest BCUT2D eigenvalue weighted by Gasteiger charge is 2.17. The Morgan fingerprint density at radius 3 is 2.67 bits per heavy atom. The van der Waals surface area contributed by atoms with E-state index in [9.17, 15) is 14.0 Å². The molecule has 1 aromatic heterocycles. The zero-order valence-corrected chi connectivity index (χ0v) is 12.0. The SMILES string of the molecule is CCc1cn(-c2cc(C)cc(F)c2)nc(C(=O)OC)c1=O. The summed E-state index contributed by atoms with van der Waals surface area (Å²) in [6.45, 7) is 3.54. The first-order chi connectivity index (χ1) is 9.96. The van der Waals surface area contributed by atoms with E-state index in [1.54, 1.807) is 19.9 Å². The molecule has 0 atom stereocenters. The zero-order chi connectivity index (χ0) is 15.6. The van der Waals surface area contributed by atoms with Crippen LogP contribution in [0.3, 0.4) is 0 Å². The van der Waals surface area contributed by atoms with Crippen molar-refractivity contribution in [1.82, 2.24) is 9.78 Å². The smallest absolute Gasteiger partial charge is 0.362 e. The lowest BCUT2D eigenvalue weighted by Gasteiger charge is -2.10. The standard InChI is InChI=1S/C15H15FN2O3/c1-4-10-8-18(12-6-9(2)5-11(16)7-12)17-13(14(10)19)15(20)21-3/h5-8H,4H2,1-3H3. The predicted molar refractivity (Wildman–Crippen MR) is 75.2 cm³/mol. The van der Waals surface area contributed by atoms with Gasteiger partial charge in [0.25, 0.3) is 0 Å². The molecular formula is C15H15FN2O3. The summed E-state index contributed by atoms with van der Waals surface area (Å²) in [5.74, 6) is -1.22. The average molecular weight is 290 g/mol. The third-order valence-electron chi connectivity index (χ3n) is 3.04. The Balaban J connectivity index is 2.69. The first-order valence-corrected chi connectivity index (χ1v) is 6.45. The van der Waals surface area contributed by atoms with Crippen molar-refractivity contribution in [3.05, 3.63) is 57.3 Å². The molecule has 0 bridgehead atoms. The van der Waals surface area contributed by atoms with Crippen LogP contribution in [0.2, 0.25) is 0 Å². The highest BCUT2D eigenvalue weighted by atomic mass is 19.1. The summed E-state index contributed by atoms with van der Waals surface area (Å²) in [6.07, 6.45) is 1.93. The number of methoxy groups -OCH3 is 1. The molecule has 0 N–H and O–H groups in total. The molecule has 0 spiro atoms. The Kier molecular flexibility index (Phi) is 4.16. The number of halogens is 1. The van der Waals surface area contributed by atoms with E-state index in [1.165, 1.54) is 30.1 Å². The number of hydrogen-bond donors (Lipinski definition) is 0. The zero-order valence-electron chi connectivity index (χ0n) is 12.0. The molecule has 0 aliphatic carbocycles. The Morgan fingerprint density at radius 1 is 1.38 bits per heavy atom. The third kappa shape index (κ3) is 2.99. The van der Waals surface area contributed by atoms with Crippen molar-refractivity contribution in [3.63, 3.8) is 0 Å². The van der Waals surface area contributed by atoms with Crippen molar-refractivity contribution in [3.8, 4) is 5.69 Å². The lowest BCUT2D eigenvalue weighted by molar-refractivity contribution is 0.0590. The minimum atomic E-state index is -0.808. The topological polar surface area (TPSA) is 61.2 Å². The monoisotopic (exact) mass is 290 g/mol. The summed E-state index contributed by atoms with van der Waals surface area (Å²) >= 11 is 0. The first kappa shape index (κ1) is 14.9. The molecule has 0 saturated heterocycles. The second-order valence-electron chi connectivity index (χ2n) is 4.61. The van der Waals surface area contributed by atoms with Gasteiger partial charge >= 0.3 is 5.97 Å². The molecule has 1 aromatic carbocycles. The van der Waals surface area contributed by atoms with E-state index < -0.39 is 17.2 Å². The van der Waals surface area contributed by atoms with Gasteiger partial charge in [-0.25, -0.2) is 13.9 Å². The summed E-state index contributed by atoms with van der Waals surface area (Å²) in [7, 11) is 1.18. The number of carbonyl (C=O) groups is 1. The number of nitrogens with zero attached hydrogens (tertiary/aromatic N) is 2. The lowest BCUT2D eigenvalue weighted by Crippen LogP contribution is -2.25. The van der Waals surface area contributed by atoms with Crippen LogP contribution in [-0.4, -0.2) is 22.9 Å². The van der Waals surface area contributed by atoms with Gasteiger partial charge in [0.15, 0.2) is 0 Å². The molecule has 0 amide bonds. The van der Waals surface area contributed by atoms with Crippen molar-refractivity contribution >= 4 is 5.97 Å². The Morgan fingerprint density at radius 2 is 2.10 bits per heavy atom. The highest BCUT2D eigenvalue weighted by Crippen LogP contribution is 2.13. The van der Waals surface area contributed by atoms with Gasteiger partial charge in [-0.05, 0) is 37.1 Å². The summed E-state index contributed by atoms with van der Waals surface area (Å²) in [4.78, 5) is 23.7. The number of rotatable bonds is 3. The van der Waals surface area contributed by atoms with Gasteiger partial charge in [0, 0.05) is 11.8 Å². The van der Waals surface area contributed by atoms with E-state index in [-0.39, 0.29) is 5.69 Å². The molecule has 0 unspecified atom stereocenters. The maximum Gasteiger partial charge on any atom is 0.362 e. The number of esters is 1. The van der Waals surface area contributed by atoms with Gasteiger partial charge in [-0.1, -0.05) is 6.92 Å². The Hall–Kier alpha value is -2.50. The molecule has 21 heavy (non-hydrogen) atoms. The third-order valence-corrected chi connectivity index (χ3v) is 3.04. The van der Waals surface area contributed by atoms with Crippen LogP contribution in [0.5, 0.6) is 0 Å². The fraction of sp³-hybridized carbons (Fsp3) is 0.267. The first-order valence-electron chi connectivity index (χ1n) is 6.45. The molecule has 2 rings (SSSR count). The van der Waals surface area contributed by atoms with Gasteiger partial charge in [-0.3, -0.25) is 4.79 Å². The largest absolute Gasteiger partial charge is 0.464 e. The van der Waals surface area contributed by atoms with Crippen molar-refractivity contribution in [2.24, 2.45) is 0 Å². The van der Waals surface area contributed by atoms with Crippen LogP contribution >= 0.6 is 0 Å². The van der Waals surface area contributed by atoms with E-state index in [1.807, 2.05) is 0 Å². The van der Waals surface area contributed by atoms with E-state index in [0.29, 0.717) is 23.2 Å². The van der Waals surface area contributed by atoms with E-state index in [2.05, 4.69) is 9.84 Å². The van der Waals surface area contributed by atoms with Gasteiger partial charge in [0.05, 0.1) is 12.8 Å². The molecule has 0 saturated carbocycles. The molecule has 5 nitrogen and oxygen atoms in total. The number of carbonyl (C=O) groups excluding carboxylic acids is 1. The minimum absolute atomic E-state index is 0.307. The second-order valence-corrected chi connectivity index (χ2v) is 4.61. The number of aryl methyl sites for hydroxylation is 2. The van der Waals surface area contributed by atoms with E-state index in [4.69, 9.17) is 0 Å². The lowest BCUT2D eigenvalue weighted by atomic mass is 10.2. The van der Waals surface area contributed by atoms with Gasteiger partial charge < -0.3 is 4.74 Å². The summed E-state index contributed by atoms with van der Waals surface area (Å²) in [6, 6.07) is 4.38. The quantitative estimate of drug-likeness (QED) is 0.811. The van der Waals surface area contributed by atoms with Gasteiger partial charge in [0.2, 0.25) is 11.1 Å². The van der Waals surface area contributed by atoms with Crippen LogP contribution in [0.1, 0.15) is 28.5 Å². The van der Waals surface area contributed by atoms with E-state index >= 15 is 0 Å². The molecule has 0 fully saturated rings. The fourth-order valence-corrected chi connectivity index (χ4v) is 2.00. The van der Waals surface area contributed by atoms with E-state index in [0.717, 1.165) is 0 Å². The molecule has 2 aromatic rings. The number of ether oxygens (including phenoxy) is 1. The predicted octanol–water partition coefficient (Wildman–Crippen LogP) is 2.03. The molecule has 1 heterocycles. The summed E-state index contributed by atoms with van der Waals surface area (Å²) in [5, 5.41) is 3.97. The van der Waals surface area contributed by atoms with Crippen LogP contribution in [0.25, 0.3) is 5.69 Å². The van der Waals surface area contributed by atoms with Crippen molar-refractivity contribution in [1.29, 1.82) is 0 Å². The molecule has 110 valence electrons.